The van der Waals surface area contributed by atoms with Crippen LogP contribution < -0.4 is 5.73 Å². The summed E-state index contributed by atoms with van der Waals surface area (Å²) >= 11 is 0. The Kier molecular flexibility index (Phi) is 3.32. The van der Waals surface area contributed by atoms with Crippen LogP contribution in [0.25, 0.3) is 0 Å². The van der Waals surface area contributed by atoms with E-state index in [-0.39, 0.29) is 11.8 Å². The zero-order chi connectivity index (χ0) is 12.4. The summed E-state index contributed by atoms with van der Waals surface area (Å²) in [4.78, 5) is 24.8. The van der Waals surface area contributed by atoms with Gasteiger partial charge < -0.3 is 10.6 Å². The quantitative estimate of drug-likeness (QED) is 0.757. The lowest BCUT2D eigenvalue weighted by Crippen LogP contribution is -2.52. The molecule has 1 saturated carbocycles. The number of nitriles is 1. The monoisotopic (exact) mass is 234 g/mol. The predicted molar refractivity (Wildman–Crippen MR) is 60.1 cm³/mol. The molecule has 2 atom stereocenters. The second-order valence-corrected chi connectivity index (χ2v) is 4.80. The third-order valence-corrected chi connectivity index (χ3v) is 3.40. The summed E-state index contributed by atoms with van der Waals surface area (Å²) in [6.07, 6.45) is 4.80. The average Bonchev–Trinajstić information content (AvgIpc) is 3.12. The number of nitrogens with zero attached hydrogens (tertiary/aromatic N) is 2. The molecule has 0 spiro atoms. The van der Waals surface area contributed by atoms with Crippen LogP contribution in [0, 0.1) is 29.6 Å². The Labute approximate surface area is 101 Å². The second kappa shape index (κ2) is 4.74. The van der Waals surface area contributed by atoms with Crippen molar-refractivity contribution in [2.45, 2.75) is 31.7 Å². The van der Waals surface area contributed by atoms with Crippen LogP contribution in [0.4, 0.5) is 0 Å². The van der Waals surface area contributed by atoms with E-state index in [1.807, 2.05) is 0 Å². The molecule has 0 aromatic carbocycles. The molecule has 1 aliphatic heterocycles. The Bertz CT molecular complexity index is 370. The van der Waals surface area contributed by atoms with Crippen LogP contribution >= 0.6 is 0 Å². The molecule has 5 heteroatoms. The van der Waals surface area contributed by atoms with E-state index in [1.54, 1.807) is 6.42 Å². The lowest BCUT2D eigenvalue weighted by atomic mass is 9.91. The van der Waals surface area contributed by atoms with Crippen LogP contribution in [-0.4, -0.2) is 29.3 Å². The molecule has 17 heavy (non-hydrogen) atoms. The molecule has 2 N–H and O–H groups in total. The van der Waals surface area contributed by atoms with Crippen molar-refractivity contribution in [3.05, 3.63) is 6.42 Å². The van der Waals surface area contributed by atoms with E-state index in [0.717, 1.165) is 12.8 Å². The molecule has 2 rings (SSSR count). The fourth-order valence-corrected chi connectivity index (χ4v) is 2.18. The van der Waals surface area contributed by atoms with Crippen molar-refractivity contribution in [1.82, 2.24) is 4.90 Å². The molecule has 1 unspecified atom stereocenters. The predicted octanol–water partition coefficient (Wildman–Crippen LogP) is 0.217. The summed E-state index contributed by atoms with van der Waals surface area (Å²) in [5.41, 5.74) is 5.30. The Hall–Kier alpha value is -1.57. The molecule has 0 aromatic heterocycles. The van der Waals surface area contributed by atoms with Crippen molar-refractivity contribution in [1.29, 1.82) is 5.26 Å². The minimum atomic E-state index is -0.615. The molecule has 2 amide bonds. The van der Waals surface area contributed by atoms with Gasteiger partial charge in [-0.2, -0.15) is 5.26 Å². The number of hydrogen-bond acceptors (Lipinski definition) is 3. The molecule has 5 nitrogen and oxygen atoms in total. The number of piperidine rings is 1. The van der Waals surface area contributed by atoms with Crippen LogP contribution in [0.3, 0.4) is 0 Å². The second-order valence-electron chi connectivity index (χ2n) is 4.80. The Balaban J connectivity index is 2.01. The maximum Gasteiger partial charge on any atom is 0.240 e. The highest BCUT2D eigenvalue weighted by Crippen LogP contribution is 2.33. The van der Waals surface area contributed by atoms with Crippen LogP contribution in [0.1, 0.15) is 25.7 Å². The summed E-state index contributed by atoms with van der Waals surface area (Å²) in [5, 5.41) is 8.86. The van der Waals surface area contributed by atoms with Crippen LogP contribution in [0.15, 0.2) is 0 Å². The number of primary amides is 1. The van der Waals surface area contributed by atoms with Gasteiger partial charge in [0.15, 0.2) is 0 Å². The largest absolute Gasteiger partial charge is 0.368 e. The van der Waals surface area contributed by atoms with Gasteiger partial charge in [-0.25, -0.2) is 0 Å². The van der Waals surface area contributed by atoms with Gasteiger partial charge in [-0.15, -0.1) is 0 Å². The van der Waals surface area contributed by atoms with Crippen molar-refractivity contribution in [2.24, 2.45) is 17.6 Å². The topological polar surface area (TPSA) is 87.2 Å². The lowest BCUT2D eigenvalue weighted by molar-refractivity contribution is -0.139. The van der Waals surface area contributed by atoms with E-state index >= 15 is 0 Å². The number of hydrogen-bond donors (Lipinski definition) is 1. The average molecular weight is 234 g/mol. The first kappa shape index (κ1) is 11.9. The molecule has 2 aliphatic rings. The van der Waals surface area contributed by atoms with E-state index in [1.165, 1.54) is 4.90 Å². The summed E-state index contributed by atoms with van der Waals surface area (Å²) in [5.74, 6) is -0.405. The molecule has 1 saturated heterocycles. The molecule has 91 valence electrons. The minimum Gasteiger partial charge on any atom is -0.368 e. The van der Waals surface area contributed by atoms with Gasteiger partial charge >= 0.3 is 0 Å². The fraction of sp³-hybridized carbons (Fsp3) is 0.667. The molecule has 1 radical (unpaired) electrons. The van der Waals surface area contributed by atoms with Gasteiger partial charge in [0.05, 0.1) is 18.4 Å². The number of amides is 2. The first-order valence-corrected chi connectivity index (χ1v) is 5.96. The molecular weight excluding hydrogens is 218 g/mol. The first-order chi connectivity index (χ1) is 8.11. The van der Waals surface area contributed by atoms with Crippen molar-refractivity contribution in [3.63, 3.8) is 0 Å². The maximum absolute atomic E-state index is 11.9. The van der Waals surface area contributed by atoms with Gasteiger partial charge in [-0.05, 0) is 31.6 Å². The number of likely N-dealkylation sites (tertiary alicyclic amines) is 1. The SMILES string of the molecule is N#CC1CCN(C(=O)[CH]C2CC2)[C@@H](C(N)=O)C1. The smallest absolute Gasteiger partial charge is 0.240 e. The molecule has 1 aliphatic carbocycles. The lowest BCUT2D eigenvalue weighted by Gasteiger charge is -2.35. The zero-order valence-electron chi connectivity index (χ0n) is 9.63. The van der Waals surface area contributed by atoms with Crippen molar-refractivity contribution in [2.75, 3.05) is 6.54 Å². The van der Waals surface area contributed by atoms with Gasteiger partial charge in [0.2, 0.25) is 11.8 Å². The Morgan fingerprint density at radius 2 is 2.06 bits per heavy atom. The number of carbonyl (C=O) groups is 2. The summed E-state index contributed by atoms with van der Waals surface area (Å²) < 4.78 is 0. The molecule has 1 heterocycles. The first-order valence-electron chi connectivity index (χ1n) is 5.96. The Morgan fingerprint density at radius 3 is 2.59 bits per heavy atom. The third kappa shape index (κ3) is 2.76. The van der Waals surface area contributed by atoms with Crippen LogP contribution in [0.2, 0.25) is 0 Å². The van der Waals surface area contributed by atoms with Gasteiger partial charge in [0, 0.05) is 6.54 Å². The van der Waals surface area contributed by atoms with Gasteiger partial charge in [-0.1, -0.05) is 0 Å². The highest BCUT2D eigenvalue weighted by atomic mass is 16.2. The van der Waals surface area contributed by atoms with Gasteiger partial charge in [-0.3, -0.25) is 9.59 Å². The summed E-state index contributed by atoms with van der Waals surface area (Å²) in [6, 6.07) is 1.53. The van der Waals surface area contributed by atoms with Crippen molar-refractivity contribution in [3.8, 4) is 6.07 Å². The van der Waals surface area contributed by atoms with E-state index in [2.05, 4.69) is 6.07 Å². The number of carbonyl (C=O) groups excluding carboxylic acids is 2. The molecular formula is C12H16N3O2. The molecule has 0 aromatic rings. The minimum absolute atomic E-state index is 0.104. The summed E-state index contributed by atoms with van der Waals surface area (Å²) in [6.45, 7) is 0.452. The van der Waals surface area contributed by atoms with E-state index in [4.69, 9.17) is 11.0 Å². The van der Waals surface area contributed by atoms with E-state index in [9.17, 15) is 9.59 Å². The highest BCUT2D eigenvalue weighted by Gasteiger charge is 2.37. The number of rotatable bonds is 3. The van der Waals surface area contributed by atoms with E-state index < -0.39 is 11.9 Å². The standard InChI is InChI=1S/C12H16N3O2/c13-7-9-3-4-15(10(5-9)12(14)17)11(16)6-8-1-2-8/h6,8-10H,1-5H2,(H2,14,17)/t9?,10-/m1/s1. The normalized spacial score (nSPS) is 28.5. The zero-order valence-corrected chi connectivity index (χ0v) is 9.63. The molecule has 0 bridgehead atoms. The summed E-state index contributed by atoms with van der Waals surface area (Å²) in [7, 11) is 0. The third-order valence-electron chi connectivity index (χ3n) is 3.40. The van der Waals surface area contributed by atoms with Gasteiger partial charge in [0.25, 0.3) is 0 Å². The van der Waals surface area contributed by atoms with Crippen LogP contribution in [-0.2, 0) is 9.59 Å². The van der Waals surface area contributed by atoms with Crippen molar-refractivity contribution >= 4 is 11.8 Å². The van der Waals surface area contributed by atoms with E-state index in [0.29, 0.717) is 25.3 Å². The van der Waals surface area contributed by atoms with Gasteiger partial charge in [0.1, 0.15) is 6.04 Å². The maximum atomic E-state index is 11.9. The highest BCUT2D eigenvalue weighted by molar-refractivity contribution is 5.91. The van der Waals surface area contributed by atoms with Crippen molar-refractivity contribution < 1.29 is 9.59 Å². The van der Waals surface area contributed by atoms with Crippen LogP contribution in [0.5, 0.6) is 0 Å². The fourth-order valence-electron chi connectivity index (χ4n) is 2.18. The number of nitrogens with two attached hydrogens (primary N) is 1. The Morgan fingerprint density at radius 1 is 1.35 bits per heavy atom. The molecule has 2 fully saturated rings.